The van der Waals surface area contributed by atoms with E-state index < -0.39 is 18.3 Å². The molecule has 13 nitrogen and oxygen atoms in total. The number of hydrogen-bond donors (Lipinski definition) is 1. The molecule has 13 heteroatoms. The molecule has 7 rings (SSSR count). The highest BCUT2D eigenvalue weighted by atomic mass is 16.7. The summed E-state index contributed by atoms with van der Waals surface area (Å²) in [5.41, 5.74) is 2.79. The summed E-state index contributed by atoms with van der Waals surface area (Å²) in [6, 6.07) is 6.48. The molecule has 18 atom stereocenters. The maximum Gasteiger partial charge on any atom is 0.306 e. The molecule has 62 heavy (non-hydrogen) atoms. The summed E-state index contributed by atoms with van der Waals surface area (Å²) < 4.78 is 56.2. The standard InChI is InChI=1S/C49H76N2O11/c1-12-32-14-13-15-41(62-43-17-16-40(51(6)7)28(4)58-43)27(3)45(53)38-24-36-35-23-34(61-49-48(57-11)47(56-10)46(55-9)29(5)59-49)20-30(35)21-39(44(36)37(38)25-42(52)60-32)50-31-18-26(2)19-33(22-31)54-8/h18-19,22,24,27-30,32,34-37,39-41,43-44,46-50H,12-17,20-21,23,25H2,1-11H3/t27-,28?,29?,30+,32+,34-,35-,36+,37-,39+,40+,41+,43+,44-,46+,47?,48?,49+/m1/s1. The van der Waals surface area contributed by atoms with Crippen LogP contribution in [0.25, 0.3) is 0 Å². The van der Waals surface area contributed by atoms with Crippen molar-refractivity contribution in [3.8, 4) is 5.75 Å². The number of nitrogens with zero attached hydrogens (tertiary/aromatic N) is 1. The number of allylic oxidation sites excluding steroid dienone is 2. The summed E-state index contributed by atoms with van der Waals surface area (Å²) in [6.07, 6.45) is 6.52. The zero-order chi connectivity index (χ0) is 44.4. The van der Waals surface area contributed by atoms with E-state index in [0.29, 0.717) is 18.4 Å². The number of anilines is 1. The fraction of sp³-hybridized carbons (Fsp3) is 0.796. The van der Waals surface area contributed by atoms with E-state index in [1.807, 2.05) is 26.0 Å². The minimum atomic E-state index is -0.636. The molecule has 5 fully saturated rings. The lowest BCUT2D eigenvalue weighted by molar-refractivity contribution is -0.314. The van der Waals surface area contributed by atoms with Crippen LogP contribution >= 0.6 is 0 Å². The van der Waals surface area contributed by atoms with E-state index in [2.05, 4.69) is 57.2 Å². The quantitative estimate of drug-likeness (QED) is 0.214. The molecule has 0 aromatic heterocycles. The molecule has 1 N–H and O–H groups in total. The minimum Gasteiger partial charge on any atom is -0.497 e. The Morgan fingerprint density at radius 2 is 1.60 bits per heavy atom. The molecular weight excluding hydrogens is 793 g/mol. The SMILES string of the molecule is CC[C@H]1CCC[C@H](O[C@H]2CC[C@H](N(C)C)C(C)O2)[C@@H](C)C(=O)C2=C[C@H]3[C@@H]4C[C@H](O[C@@H]5OC(C)[C@H](OC)C(OC)C5OC)C[C@H]4C[C@H](Nc4cc(C)cc(OC)c4)[C@H]3[C@@H]2CC(=O)O1. The van der Waals surface area contributed by atoms with Gasteiger partial charge in [0.2, 0.25) is 0 Å². The molecule has 348 valence electrons. The van der Waals surface area contributed by atoms with Gasteiger partial charge >= 0.3 is 5.97 Å². The number of ketones is 1. The molecule has 2 saturated carbocycles. The number of esters is 1. The first-order chi connectivity index (χ1) is 29.8. The average molecular weight is 869 g/mol. The van der Waals surface area contributed by atoms with E-state index in [-0.39, 0.29) is 96.9 Å². The third kappa shape index (κ3) is 10.1. The van der Waals surface area contributed by atoms with Gasteiger partial charge < -0.3 is 52.8 Å². The van der Waals surface area contributed by atoms with Gasteiger partial charge in [-0.15, -0.1) is 0 Å². The van der Waals surface area contributed by atoms with Crippen molar-refractivity contribution in [2.24, 2.45) is 35.5 Å². The van der Waals surface area contributed by atoms with Crippen LogP contribution in [0.1, 0.15) is 97.5 Å². The second kappa shape index (κ2) is 20.7. The Morgan fingerprint density at radius 1 is 0.839 bits per heavy atom. The third-order valence-corrected chi connectivity index (χ3v) is 15.4. The van der Waals surface area contributed by atoms with Crippen LogP contribution in [0.2, 0.25) is 0 Å². The lowest BCUT2D eigenvalue weighted by atomic mass is 9.63. The van der Waals surface area contributed by atoms with E-state index in [1.165, 1.54) is 0 Å². The smallest absolute Gasteiger partial charge is 0.306 e. The molecule has 1 aromatic rings. The van der Waals surface area contributed by atoms with Gasteiger partial charge in [-0.25, -0.2) is 0 Å². The first-order valence-electron chi connectivity index (χ1n) is 23.5. The highest BCUT2D eigenvalue weighted by Gasteiger charge is 2.57. The van der Waals surface area contributed by atoms with Crippen LogP contribution in [0.5, 0.6) is 5.75 Å². The average Bonchev–Trinajstić information content (AvgIpc) is 3.82. The number of likely N-dealkylation sites (N-methyl/N-ethyl adjacent to an activating group) is 1. The summed E-state index contributed by atoms with van der Waals surface area (Å²) in [5.74, 6) is 0.382. The Morgan fingerprint density at radius 3 is 2.27 bits per heavy atom. The summed E-state index contributed by atoms with van der Waals surface area (Å²) in [4.78, 5) is 31.5. The van der Waals surface area contributed by atoms with Crippen LogP contribution < -0.4 is 10.1 Å². The number of fused-ring (bicyclic) bond motifs is 5. The van der Waals surface area contributed by atoms with Gasteiger partial charge in [0.1, 0.15) is 30.2 Å². The molecule has 6 aliphatic rings. The van der Waals surface area contributed by atoms with Crippen LogP contribution in [0, 0.1) is 42.4 Å². The molecule has 0 amide bonds. The molecule has 3 aliphatic carbocycles. The Balaban J connectivity index is 1.21. The predicted molar refractivity (Wildman–Crippen MR) is 235 cm³/mol. The maximum atomic E-state index is 15.2. The van der Waals surface area contributed by atoms with Crippen LogP contribution in [0.3, 0.4) is 0 Å². The molecule has 0 radical (unpaired) electrons. The summed E-state index contributed by atoms with van der Waals surface area (Å²) in [5, 5.41) is 3.94. The third-order valence-electron chi connectivity index (χ3n) is 15.4. The van der Waals surface area contributed by atoms with Gasteiger partial charge in [-0.05, 0) is 140 Å². The minimum absolute atomic E-state index is 0.0111. The molecule has 3 heterocycles. The molecule has 0 bridgehead atoms. The molecular formula is C49H76N2O11. The van der Waals surface area contributed by atoms with Gasteiger partial charge in [-0.2, -0.15) is 0 Å². The number of methoxy groups -OCH3 is 4. The lowest BCUT2D eigenvalue weighted by Gasteiger charge is -2.45. The highest BCUT2D eigenvalue weighted by Crippen LogP contribution is 2.57. The Hall–Kier alpha value is -2.62. The van der Waals surface area contributed by atoms with Gasteiger partial charge in [0.25, 0.3) is 0 Å². The van der Waals surface area contributed by atoms with Crippen molar-refractivity contribution < 1.29 is 52.2 Å². The highest BCUT2D eigenvalue weighted by molar-refractivity contribution is 5.99. The Bertz CT molecular complexity index is 1710. The number of aryl methyl sites for hydroxylation is 1. The number of hydrogen-bond acceptors (Lipinski definition) is 13. The summed E-state index contributed by atoms with van der Waals surface area (Å²) in [6.45, 7) is 10.3. The lowest BCUT2D eigenvalue weighted by Crippen LogP contribution is -2.59. The maximum absolute atomic E-state index is 15.2. The normalized spacial score (nSPS) is 41.6. The molecule has 0 spiro atoms. The van der Waals surface area contributed by atoms with E-state index in [9.17, 15) is 4.79 Å². The monoisotopic (exact) mass is 869 g/mol. The number of carbonyl (C=O) groups is 2. The summed E-state index contributed by atoms with van der Waals surface area (Å²) in [7, 11) is 10.9. The number of rotatable bonds is 12. The van der Waals surface area contributed by atoms with Crippen LogP contribution in [0.4, 0.5) is 5.69 Å². The summed E-state index contributed by atoms with van der Waals surface area (Å²) >= 11 is 0. The first kappa shape index (κ1) is 47.3. The van der Waals surface area contributed by atoms with Crippen molar-refractivity contribution in [1.29, 1.82) is 0 Å². The predicted octanol–water partition coefficient (Wildman–Crippen LogP) is 7.12. The van der Waals surface area contributed by atoms with Gasteiger partial charge in [-0.1, -0.05) is 19.9 Å². The van der Waals surface area contributed by atoms with E-state index in [4.69, 9.17) is 42.6 Å². The molecule has 4 unspecified atom stereocenters. The van der Waals surface area contributed by atoms with Crippen LogP contribution in [-0.2, 0) is 47.5 Å². The molecule has 3 aliphatic heterocycles. The number of Topliss-reactive ketones (excluding diaryl/α,β-unsaturated/α-hetero) is 1. The van der Waals surface area contributed by atoms with Crippen molar-refractivity contribution in [3.05, 3.63) is 35.4 Å². The molecule has 1 aromatic carbocycles. The van der Waals surface area contributed by atoms with Crippen LogP contribution in [-0.4, -0.2) is 133 Å². The first-order valence-corrected chi connectivity index (χ1v) is 23.5. The second-order valence-electron chi connectivity index (χ2n) is 19.4. The van der Waals surface area contributed by atoms with E-state index in [1.54, 1.807) is 28.4 Å². The van der Waals surface area contributed by atoms with Crippen molar-refractivity contribution in [2.75, 3.05) is 47.9 Å². The fourth-order valence-electron chi connectivity index (χ4n) is 12.3. The number of carbonyl (C=O) groups excluding carboxylic acids is 2. The van der Waals surface area contributed by atoms with Gasteiger partial charge in [-0.3, -0.25) is 9.59 Å². The van der Waals surface area contributed by atoms with E-state index >= 15 is 4.79 Å². The van der Waals surface area contributed by atoms with Gasteiger partial charge in [0.15, 0.2) is 18.4 Å². The Labute approximate surface area is 370 Å². The van der Waals surface area contributed by atoms with Crippen molar-refractivity contribution in [2.45, 2.75) is 172 Å². The van der Waals surface area contributed by atoms with Crippen molar-refractivity contribution in [1.82, 2.24) is 4.90 Å². The van der Waals surface area contributed by atoms with Crippen molar-refractivity contribution >= 4 is 17.4 Å². The van der Waals surface area contributed by atoms with E-state index in [0.717, 1.165) is 73.9 Å². The van der Waals surface area contributed by atoms with Crippen molar-refractivity contribution in [3.63, 3.8) is 0 Å². The topological polar surface area (TPSA) is 132 Å². The van der Waals surface area contributed by atoms with Gasteiger partial charge in [0.05, 0.1) is 37.9 Å². The Kier molecular flexibility index (Phi) is 15.8. The number of benzene rings is 1. The zero-order valence-corrected chi connectivity index (χ0v) is 39.2. The second-order valence-corrected chi connectivity index (χ2v) is 19.4. The zero-order valence-electron chi connectivity index (χ0n) is 39.2. The number of ether oxygens (including phenoxy) is 9. The molecule has 3 saturated heterocycles. The fourth-order valence-corrected chi connectivity index (χ4v) is 12.3. The van der Waals surface area contributed by atoms with Crippen LogP contribution in [0.15, 0.2) is 29.8 Å². The number of nitrogens with one attached hydrogen (secondary N) is 1. The number of cyclic esters (lactones) is 1. The largest absolute Gasteiger partial charge is 0.497 e. The van der Waals surface area contributed by atoms with Gasteiger partial charge in [0, 0.05) is 57.0 Å².